The van der Waals surface area contributed by atoms with E-state index in [2.05, 4.69) is 29.6 Å². The summed E-state index contributed by atoms with van der Waals surface area (Å²) in [4.78, 5) is 13.6. The molecule has 4 heteroatoms. The van der Waals surface area contributed by atoms with Crippen LogP contribution in [0.25, 0.3) is 0 Å². The van der Waals surface area contributed by atoms with E-state index < -0.39 is 0 Å². The molecule has 19 heavy (non-hydrogen) atoms. The Morgan fingerprint density at radius 1 is 1.21 bits per heavy atom. The molecular formula is C15H25N3O. The summed E-state index contributed by atoms with van der Waals surface area (Å²) in [6.07, 6.45) is 0. The Morgan fingerprint density at radius 3 is 2.37 bits per heavy atom. The number of nitrogens with zero attached hydrogens (tertiary/aromatic N) is 1. The largest absolute Gasteiger partial charge is 0.384 e. The lowest BCUT2D eigenvalue weighted by atomic mass is 10.1. The molecule has 0 spiro atoms. The van der Waals surface area contributed by atoms with Crippen molar-refractivity contribution in [1.29, 1.82) is 0 Å². The van der Waals surface area contributed by atoms with Crippen molar-refractivity contribution in [2.75, 3.05) is 32.5 Å². The third-order valence-electron chi connectivity index (χ3n) is 2.83. The van der Waals surface area contributed by atoms with Gasteiger partial charge in [0.1, 0.15) is 0 Å². The summed E-state index contributed by atoms with van der Waals surface area (Å²) in [6.45, 7) is 6.32. The predicted molar refractivity (Wildman–Crippen MR) is 80.2 cm³/mol. The molecule has 0 aliphatic rings. The molecule has 1 amide bonds. The normalized spacial score (nSPS) is 10.8. The van der Waals surface area contributed by atoms with Crippen LogP contribution in [0.3, 0.4) is 0 Å². The van der Waals surface area contributed by atoms with Gasteiger partial charge in [0, 0.05) is 31.2 Å². The predicted octanol–water partition coefficient (Wildman–Crippen LogP) is 1.93. The smallest absolute Gasteiger partial charge is 0.222 e. The van der Waals surface area contributed by atoms with Crippen LogP contribution in [0.2, 0.25) is 0 Å². The molecule has 0 saturated carbocycles. The van der Waals surface area contributed by atoms with Gasteiger partial charge in [0.25, 0.3) is 0 Å². The number of hydrogen-bond acceptors (Lipinski definition) is 3. The fourth-order valence-corrected chi connectivity index (χ4v) is 1.56. The van der Waals surface area contributed by atoms with Crippen molar-refractivity contribution in [3.05, 3.63) is 29.8 Å². The molecule has 1 aromatic carbocycles. The molecule has 0 atom stereocenters. The van der Waals surface area contributed by atoms with Crippen LogP contribution < -0.4 is 10.6 Å². The van der Waals surface area contributed by atoms with E-state index in [0.29, 0.717) is 6.54 Å². The number of benzene rings is 1. The first-order valence-corrected chi connectivity index (χ1v) is 6.74. The minimum atomic E-state index is 0.0342. The van der Waals surface area contributed by atoms with Gasteiger partial charge in [0.05, 0.1) is 0 Å². The van der Waals surface area contributed by atoms with Crippen LogP contribution in [0.5, 0.6) is 0 Å². The summed E-state index contributed by atoms with van der Waals surface area (Å²) >= 11 is 0. The number of nitrogens with one attached hydrogen (secondary N) is 2. The number of anilines is 1. The fourth-order valence-electron chi connectivity index (χ4n) is 1.56. The maximum Gasteiger partial charge on any atom is 0.222 e. The first kappa shape index (κ1) is 15.5. The van der Waals surface area contributed by atoms with Crippen LogP contribution in [0.4, 0.5) is 5.69 Å². The first-order valence-electron chi connectivity index (χ1n) is 6.74. The highest BCUT2D eigenvalue weighted by molar-refractivity contribution is 5.77. The van der Waals surface area contributed by atoms with Gasteiger partial charge in [0.2, 0.25) is 5.91 Å². The Kier molecular flexibility index (Phi) is 6.36. The molecule has 0 aromatic heterocycles. The van der Waals surface area contributed by atoms with Crippen LogP contribution in [0.15, 0.2) is 24.3 Å². The Balaban J connectivity index is 2.37. The lowest BCUT2D eigenvalue weighted by Crippen LogP contribution is -2.27. The number of hydrogen-bond donors (Lipinski definition) is 2. The number of carbonyl (C=O) groups excluding carboxylic acids is 1. The minimum absolute atomic E-state index is 0.0342. The second kappa shape index (κ2) is 7.79. The molecule has 1 aromatic rings. The molecule has 0 radical (unpaired) electrons. The Hall–Kier alpha value is -1.55. The first-order chi connectivity index (χ1) is 8.99. The summed E-state index contributed by atoms with van der Waals surface area (Å²) in [7, 11) is 4.12. The van der Waals surface area contributed by atoms with Crippen molar-refractivity contribution in [2.45, 2.75) is 20.4 Å². The zero-order valence-electron chi connectivity index (χ0n) is 12.4. The topological polar surface area (TPSA) is 44.4 Å². The summed E-state index contributed by atoms with van der Waals surface area (Å²) in [5, 5.41) is 6.27. The summed E-state index contributed by atoms with van der Waals surface area (Å²) in [5.74, 6) is 0.125. The number of carbonyl (C=O) groups is 1. The molecule has 0 fully saturated rings. The van der Waals surface area contributed by atoms with Gasteiger partial charge in [-0.1, -0.05) is 26.0 Å². The fraction of sp³-hybridized carbons (Fsp3) is 0.533. The van der Waals surface area contributed by atoms with Crippen molar-refractivity contribution < 1.29 is 4.79 Å². The van der Waals surface area contributed by atoms with E-state index in [0.717, 1.165) is 24.3 Å². The molecule has 1 rings (SSSR count). The van der Waals surface area contributed by atoms with Crippen LogP contribution >= 0.6 is 0 Å². The van der Waals surface area contributed by atoms with Crippen molar-refractivity contribution in [3.8, 4) is 0 Å². The van der Waals surface area contributed by atoms with Gasteiger partial charge in [-0.05, 0) is 31.8 Å². The summed E-state index contributed by atoms with van der Waals surface area (Å²) < 4.78 is 0. The minimum Gasteiger partial charge on any atom is -0.384 e. The average Bonchev–Trinajstić information content (AvgIpc) is 2.37. The number of rotatable bonds is 7. The van der Waals surface area contributed by atoms with Gasteiger partial charge in [-0.2, -0.15) is 0 Å². The third kappa shape index (κ3) is 6.25. The van der Waals surface area contributed by atoms with Crippen LogP contribution in [-0.4, -0.2) is 38.0 Å². The zero-order chi connectivity index (χ0) is 14.3. The van der Waals surface area contributed by atoms with Crippen molar-refractivity contribution in [3.63, 3.8) is 0 Å². The van der Waals surface area contributed by atoms with E-state index in [1.54, 1.807) is 0 Å². The maximum atomic E-state index is 11.5. The molecule has 0 heterocycles. The highest BCUT2D eigenvalue weighted by atomic mass is 16.1. The highest BCUT2D eigenvalue weighted by Gasteiger charge is 2.05. The van der Waals surface area contributed by atoms with E-state index in [4.69, 9.17) is 0 Å². The van der Waals surface area contributed by atoms with Crippen molar-refractivity contribution >= 4 is 11.6 Å². The number of amides is 1. The van der Waals surface area contributed by atoms with Gasteiger partial charge in [-0.15, -0.1) is 0 Å². The van der Waals surface area contributed by atoms with E-state index in [-0.39, 0.29) is 11.8 Å². The van der Waals surface area contributed by atoms with Crippen LogP contribution in [0, 0.1) is 5.92 Å². The third-order valence-corrected chi connectivity index (χ3v) is 2.83. The summed E-state index contributed by atoms with van der Waals surface area (Å²) in [5.41, 5.74) is 2.23. The lowest BCUT2D eigenvalue weighted by Gasteiger charge is -2.12. The van der Waals surface area contributed by atoms with Crippen LogP contribution in [-0.2, 0) is 11.3 Å². The van der Waals surface area contributed by atoms with E-state index >= 15 is 0 Å². The highest BCUT2D eigenvalue weighted by Crippen LogP contribution is 2.09. The quantitative estimate of drug-likeness (QED) is 0.790. The average molecular weight is 263 g/mol. The van der Waals surface area contributed by atoms with E-state index in [9.17, 15) is 4.79 Å². The molecular weight excluding hydrogens is 238 g/mol. The lowest BCUT2D eigenvalue weighted by molar-refractivity contribution is -0.124. The Bertz CT molecular complexity index is 385. The molecule has 0 unspecified atom stereocenters. The molecule has 106 valence electrons. The van der Waals surface area contributed by atoms with Gasteiger partial charge in [-0.25, -0.2) is 0 Å². The van der Waals surface area contributed by atoms with Gasteiger partial charge >= 0.3 is 0 Å². The molecule has 4 nitrogen and oxygen atoms in total. The number of likely N-dealkylation sites (N-methyl/N-ethyl adjacent to an activating group) is 1. The second-order valence-electron chi connectivity index (χ2n) is 5.30. The molecule has 2 N–H and O–H groups in total. The molecule has 0 saturated heterocycles. The van der Waals surface area contributed by atoms with Gasteiger partial charge in [-0.3, -0.25) is 4.79 Å². The monoisotopic (exact) mass is 263 g/mol. The zero-order valence-corrected chi connectivity index (χ0v) is 12.4. The van der Waals surface area contributed by atoms with Crippen molar-refractivity contribution in [2.24, 2.45) is 5.92 Å². The summed E-state index contributed by atoms with van der Waals surface area (Å²) in [6, 6.07) is 8.18. The van der Waals surface area contributed by atoms with Crippen LogP contribution in [0.1, 0.15) is 19.4 Å². The van der Waals surface area contributed by atoms with Crippen molar-refractivity contribution in [1.82, 2.24) is 10.2 Å². The van der Waals surface area contributed by atoms with Gasteiger partial charge < -0.3 is 15.5 Å². The standard InChI is InChI=1S/C15H25N3O/c1-12(2)15(19)17-11-13-5-7-14(8-6-13)16-9-10-18(3)4/h5-8,12,16H,9-11H2,1-4H3,(H,17,19). The maximum absolute atomic E-state index is 11.5. The second-order valence-corrected chi connectivity index (χ2v) is 5.30. The molecule has 0 bridgehead atoms. The Morgan fingerprint density at radius 2 is 1.84 bits per heavy atom. The molecule has 0 aliphatic heterocycles. The van der Waals surface area contributed by atoms with E-state index in [1.807, 2.05) is 38.1 Å². The Labute approximate surface area is 116 Å². The van der Waals surface area contributed by atoms with Gasteiger partial charge in [0.15, 0.2) is 0 Å². The SMILES string of the molecule is CC(C)C(=O)NCc1ccc(NCCN(C)C)cc1. The molecule has 0 aliphatic carbocycles. The van der Waals surface area contributed by atoms with E-state index in [1.165, 1.54) is 0 Å².